The standard InChI is InChI=1S/C18H27N/c1-12(2)13(3)19-18-16-8-9-17(18)11-15-7-5-4-6-14(15)10-16/h4-7,12-13,16-19H,8-11H2,1-3H3. The third-order valence-electron chi connectivity index (χ3n) is 5.46. The molecule has 2 aliphatic carbocycles. The first-order valence-corrected chi connectivity index (χ1v) is 7.98. The molecular weight excluding hydrogens is 230 g/mol. The lowest BCUT2D eigenvalue weighted by molar-refractivity contribution is 0.282. The highest BCUT2D eigenvalue weighted by Crippen LogP contribution is 2.40. The summed E-state index contributed by atoms with van der Waals surface area (Å²) >= 11 is 0. The topological polar surface area (TPSA) is 12.0 Å². The zero-order valence-corrected chi connectivity index (χ0v) is 12.5. The Hall–Kier alpha value is -0.820. The molecule has 104 valence electrons. The van der Waals surface area contributed by atoms with Crippen LogP contribution in [0.1, 0.15) is 44.7 Å². The van der Waals surface area contributed by atoms with Crippen molar-refractivity contribution in [3.05, 3.63) is 35.4 Å². The summed E-state index contributed by atoms with van der Waals surface area (Å²) in [4.78, 5) is 0. The van der Waals surface area contributed by atoms with E-state index in [1.807, 2.05) is 0 Å². The highest BCUT2D eigenvalue weighted by atomic mass is 15.0. The van der Waals surface area contributed by atoms with Crippen molar-refractivity contribution >= 4 is 0 Å². The highest BCUT2D eigenvalue weighted by Gasteiger charge is 2.39. The molecule has 0 saturated heterocycles. The number of nitrogens with one attached hydrogen (secondary N) is 1. The maximum absolute atomic E-state index is 3.96. The normalized spacial score (nSPS) is 31.1. The summed E-state index contributed by atoms with van der Waals surface area (Å²) in [5, 5.41) is 3.96. The maximum Gasteiger partial charge on any atom is 0.0132 e. The quantitative estimate of drug-likeness (QED) is 0.868. The monoisotopic (exact) mass is 257 g/mol. The summed E-state index contributed by atoms with van der Waals surface area (Å²) in [7, 11) is 0. The van der Waals surface area contributed by atoms with Crippen LogP contribution in [0.15, 0.2) is 24.3 Å². The molecule has 19 heavy (non-hydrogen) atoms. The van der Waals surface area contributed by atoms with E-state index in [-0.39, 0.29) is 0 Å². The molecule has 3 rings (SSSR count). The fourth-order valence-corrected chi connectivity index (χ4v) is 3.92. The van der Waals surface area contributed by atoms with Crippen molar-refractivity contribution < 1.29 is 0 Å². The molecule has 1 nitrogen and oxygen atoms in total. The SMILES string of the molecule is CC(C)C(C)NC1C2CCC1Cc1ccccc1C2. The zero-order chi connectivity index (χ0) is 13.4. The molecule has 1 N–H and O–H groups in total. The summed E-state index contributed by atoms with van der Waals surface area (Å²) in [6.07, 6.45) is 5.41. The number of rotatable bonds is 3. The van der Waals surface area contributed by atoms with Gasteiger partial charge in [0.05, 0.1) is 0 Å². The second-order valence-electron chi connectivity index (χ2n) is 7.00. The Kier molecular flexibility index (Phi) is 3.66. The van der Waals surface area contributed by atoms with Gasteiger partial charge in [-0.25, -0.2) is 0 Å². The summed E-state index contributed by atoms with van der Waals surface area (Å²) in [5.41, 5.74) is 3.22. The summed E-state index contributed by atoms with van der Waals surface area (Å²) in [6.45, 7) is 7.00. The van der Waals surface area contributed by atoms with E-state index in [9.17, 15) is 0 Å². The Labute approximate surface area is 117 Å². The molecule has 1 heteroatoms. The minimum Gasteiger partial charge on any atom is -0.311 e. The molecule has 0 heterocycles. The number of hydrogen-bond donors (Lipinski definition) is 1. The van der Waals surface area contributed by atoms with Crippen LogP contribution in [0.2, 0.25) is 0 Å². The van der Waals surface area contributed by atoms with Gasteiger partial charge in [0.15, 0.2) is 0 Å². The van der Waals surface area contributed by atoms with Crippen LogP contribution in [0.3, 0.4) is 0 Å². The van der Waals surface area contributed by atoms with Gasteiger partial charge in [0.1, 0.15) is 0 Å². The molecular formula is C18H27N. The molecule has 1 aromatic rings. The predicted octanol–water partition coefficient (Wildman–Crippen LogP) is 3.81. The number of hydrogen-bond acceptors (Lipinski definition) is 1. The Morgan fingerprint density at radius 2 is 1.47 bits per heavy atom. The summed E-state index contributed by atoms with van der Waals surface area (Å²) in [6, 6.07) is 10.5. The second-order valence-corrected chi connectivity index (χ2v) is 7.00. The Bertz CT molecular complexity index is 404. The van der Waals surface area contributed by atoms with Gasteiger partial charge in [0.25, 0.3) is 0 Å². The molecule has 0 aromatic heterocycles. The molecule has 1 saturated carbocycles. The fourth-order valence-electron chi connectivity index (χ4n) is 3.92. The van der Waals surface area contributed by atoms with Crippen molar-refractivity contribution in [3.8, 4) is 0 Å². The fraction of sp³-hybridized carbons (Fsp3) is 0.667. The molecule has 0 aliphatic heterocycles. The second kappa shape index (κ2) is 5.28. The van der Waals surface area contributed by atoms with Crippen LogP contribution in [0.5, 0.6) is 0 Å². The van der Waals surface area contributed by atoms with Crippen LogP contribution in [-0.2, 0) is 12.8 Å². The number of benzene rings is 1. The smallest absolute Gasteiger partial charge is 0.0132 e. The van der Waals surface area contributed by atoms with Crippen LogP contribution in [0.25, 0.3) is 0 Å². The lowest BCUT2D eigenvalue weighted by Crippen LogP contribution is -2.45. The minimum atomic E-state index is 0.634. The molecule has 3 atom stereocenters. The summed E-state index contributed by atoms with van der Waals surface area (Å²) < 4.78 is 0. The molecule has 1 aromatic carbocycles. The Balaban J connectivity index is 1.79. The van der Waals surface area contributed by atoms with Crippen LogP contribution >= 0.6 is 0 Å². The molecule has 0 spiro atoms. The van der Waals surface area contributed by atoms with Gasteiger partial charge in [-0.2, -0.15) is 0 Å². The average Bonchev–Trinajstić information content (AvgIpc) is 2.65. The zero-order valence-electron chi connectivity index (χ0n) is 12.5. The van der Waals surface area contributed by atoms with Crippen LogP contribution in [-0.4, -0.2) is 12.1 Å². The van der Waals surface area contributed by atoms with Crippen molar-refractivity contribution in [2.24, 2.45) is 17.8 Å². The molecule has 0 amide bonds. The molecule has 3 unspecified atom stereocenters. The van der Waals surface area contributed by atoms with E-state index in [2.05, 4.69) is 50.4 Å². The summed E-state index contributed by atoms with van der Waals surface area (Å²) in [5.74, 6) is 2.44. The van der Waals surface area contributed by atoms with Crippen LogP contribution in [0.4, 0.5) is 0 Å². The van der Waals surface area contributed by atoms with E-state index >= 15 is 0 Å². The van der Waals surface area contributed by atoms with Gasteiger partial charge in [0.2, 0.25) is 0 Å². The van der Waals surface area contributed by atoms with Crippen molar-refractivity contribution in [3.63, 3.8) is 0 Å². The van der Waals surface area contributed by atoms with Gasteiger partial charge in [-0.15, -0.1) is 0 Å². The van der Waals surface area contributed by atoms with E-state index in [4.69, 9.17) is 0 Å². The van der Waals surface area contributed by atoms with Gasteiger partial charge in [-0.3, -0.25) is 0 Å². The van der Waals surface area contributed by atoms with Gasteiger partial charge < -0.3 is 5.32 Å². The van der Waals surface area contributed by atoms with Gasteiger partial charge in [-0.05, 0) is 61.5 Å². The van der Waals surface area contributed by atoms with E-state index in [0.29, 0.717) is 6.04 Å². The highest BCUT2D eigenvalue weighted by molar-refractivity contribution is 5.30. The average molecular weight is 257 g/mol. The predicted molar refractivity (Wildman–Crippen MR) is 81.3 cm³/mol. The lowest BCUT2D eigenvalue weighted by atomic mass is 9.93. The first kappa shape index (κ1) is 13.2. The van der Waals surface area contributed by atoms with E-state index < -0.39 is 0 Å². The van der Waals surface area contributed by atoms with Gasteiger partial charge in [0, 0.05) is 12.1 Å². The van der Waals surface area contributed by atoms with Gasteiger partial charge in [-0.1, -0.05) is 38.1 Å². The first-order valence-electron chi connectivity index (χ1n) is 7.98. The number of fused-ring (bicyclic) bond motifs is 3. The van der Waals surface area contributed by atoms with Crippen LogP contribution in [0, 0.1) is 17.8 Å². The van der Waals surface area contributed by atoms with Crippen molar-refractivity contribution in [2.45, 2.75) is 58.5 Å². The third-order valence-corrected chi connectivity index (χ3v) is 5.46. The molecule has 0 radical (unpaired) electrons. The van der Waals surface area contributed by atoms with Crippen molar-refractivity contribution in [1.82, 2.24) is 5.32 Å². The Morgan fingerprint density at radius 3 is 1.95 bits per heavy atom. The molecule has 1 fully saturated rings. The van der Waals surface area contributed by atoms with Crippen LogP contribution < -0.4 is 5.32 Å². The molecule has 2 aliphatic rings. The largest absolute Gasteiger partial charge is 0.311 e. The third kappa shape index (κ3) is 2.58. The van der Waals surface area contributed by atoms with Crippen molar-refractivity contribution in [2.75, 3.05) is 0 Å². The van der Waals surface area contributed by atoms with E-state index in [1.165, 1.54) is 25.7 Å². The van der Waals surface area contributed by atoms with Gasteiger partial charge >= 0.3 is 0 Å². The van der Waals surface area contributed by atoms with E-state index in [0.717, 1.165) is 23.8 Å². The maximum atomic E-state index is 3.96. The van der Waals surface area contributed by atoms with E-state index in [1.54, 1.807) is 11.1 Å². The van der Waals surface area contributed by atoms with Crippen molar-refractivity contribution in [1.29, 1.82) is 0 Å². The first-order chi connectivity index (χ1) is 9.15. The minimum absolute atomic E-state index is 0.634. The Morgan fingerprint density at radius 1 is 0.947 bits per heavy atom. The lowest BCUT2D eigenvalue weighted by Gasteiger charge is -2.29. The molecule has 2 bridgehead atoms.